The van der Waals surface area contributed by atoms with Crippen molar-refractivity contribution in [1.29, 1.82) is 0 Å². The smallest absolute Gasteiger partial charge is 0.346 e. The average molecular weight is 535 g/mol. The largest absolute Gasteiger partial charge is 0.416 e. The van der Waals surface area contributed by atoms with Crippen LogP contribution in [0, 0.1) is 5.92 Å². The van der Waals surface area contributed by atoms with E-state index < -0.39 is 23.5 Å². The van der Waals surface area contributed by atoms with Crippen LogP contribution in [-0.2, 0) is 6.18 Å². The molecular weight excluding hydrogens is 517 g/mol. The second-order valence-electron chi connectivity index (χ2n) is 8.09. The van der Waals surface area contributed by atoms with Crippen molar-refractivity contribution in [3.05, 3.63) is 63.3 Å². The van der Waals surface area contributed by atoms with Gasteiger partial charge in [0.1, 0.15) is 12.1 Å². The third-order valence-electron chi connectivity index (χ3n) is 5.68. The first kappa shape index (κ1) is 22.4. The van der Waals surface area contributed by atoms with Crippen LogP contribution in [0.15, 0.2) is 46.2 Å². The Bertz CT molecular complexity index is 1400. The summed E-state index contributed by atoms with van der Waals surface area (Å²) in [6.45, 7) is 2.33. The SMILES string of the molecule is CC(c1ncnn1-c1ncccn1)N(CC1CC1)c1nc(=O)[nH]c2c(Br)cc(C(F)(F)F)cc12. The fraction of sp³-hybridized carbons (Fsp3) is 0.333. The third-order valence-corrected chi connectivity index (χ3v) is 6.30. The van der Waals surface area contributed by atoms with Crippen molar-refractivity contribution >= 4 is 32.7 Å². The molecule has 176 valence electrons. The van der Waals surface area contributed by atoms with E-state index in [1.165, 1.54) is 11.0 Å². The first-order chi connectivity index (χ1) is 16.2. The molecule has 1 unspecified atom stereocenters. The van der Waals surface area contributed by atoms with Crippen molar-refractivity contribution in [3.8, 4) is 5.95 Å². The minimum atomic E-state index is -4.57. The Morgan fingerprint density at radius 3 is 2.65 bits per heavy atom. The molecule has 13 heteroatoms. The molecule has 1 saturated carbocycles. The molecule has 1 aliphatic rings. The standard InChI is InChI=1S/C21H18BrF3N8O/c1-11(17-28-10-29-33(17)19-26-5-2-6-27-19)32(9-12-3-4-12)18-14-7-13(21(23,24)25)8-15(22)16(14)30-20(34)31-18/h2,5-8,10-12H,3-4,9H2,1H3,(H,30,31,34). The molecule has 0 amide bonds. The Balaban J connectivity index is 1.68. The van der Waals surface area contributed by atoms with Crippen LogP contribution in [0.4, 0.5) is 19.0 Å². The number of halogens is 4. The van der Waals surface area contributed by atoms with Gasteiger partial charge in [-0.3, -0.25) is 0 Å². The normalized spacial score (nSPS) is 15.0. The van der Waals surface area contributed by atoms with Crippen molar-refractivity contribution in [1.82, 2.24) is 34.7 Å². The molecule has 1 atom stereocenters. The number of fused-ring (bicyclic) bond motifs is 1. The minimum Gasteiger partial charge on any atom is -0.346 e. The lowest BCUT2D eigenvalue weighted by Gasteiger charge is -2.30. The molecule has 3 aromatic heterocycles. The third kappa shape index (κ3) is 4.27. The van der Waals surface area contributed by atoms with Gasteiger partial charge in [0, 0.05) is 28.8 Å². The summed E-state index contributed by atoms with van der Waals surface area (Å²) in [7, 11) is 0. The molecule has 4 aromatic rings. The molecule has 5 rings (SSSR count). The van der Waals surface area contributed by atoms with Gasteiger partial charge in [0.2, 0.25) is 0 Å². The van der Waals surface area contributed by atoms with Gasteiger partial charge in [-0.1, -0.05) is 0 Å². The Hall–Kier alpha value is -3.35. The van der Waals surface area contributed by atoms with Crippen LogP contribution in [-0.4, -0.2) is 41.2 Å². The molecule has 9 nitrogen and oxygen atoms in total. The molecule has 34 heavy (non-hydrogen) atoms. The maximum atomic E-state index is 13.6. The minimum absolute atomic E-state index is 0.123. The maximum absolute atomic E-state index is 13.6. The van der Waals surface area contributed by atoms with Gasteiger partial charge >= 0.3 is 11.9 Å². The van der Waals surface area contributed by atoms with Gasteiger partial charge in [-0.15, -0.1) is 0 Å². The number of nitrogens with one attached hydrogen (secondary N) is 1. The zero-order valence-electron chi connectivity index (χ0n) is 17.8. The second-order valence-corrected chi connectivity index (χ2v) is 8.95. The van der Waals surface area contributed by atoms with Crippen LogP contribution in [0.2, 0.25) is 0 Å². The first-order valence-corrected chi connectivity index (χ1v) is 11.3. The Labute approximate surface area is 199 Å². The molecule has 1 fully saturated rings. The fourth-order valence-corrected chi connectivity index (χ4v) is 4.38. The summed E-state index contributed by atoms with van der Waals surface area (Å²) in [4.78, 5) is 33.7. The highest BCUT2D eigenvalue weighted by atomic mass is 79.9. The number of hydrogen-bond acceptors (Lipinski definition) is 7. The zero-order chi connectivity index (χ0) is 24.0. The van der Waals surface area contributed by atoms with Gasteiger partial charge < -0.3 is 9.88 Å². The van der Waals surface area contributed by atoms with Crippen molar-refractivity contribution in [2.45, 2.75) is 32.0 Å². The summed E-state index contributed by atoms with van der Waals surface area (Å²) in [5.74, 6) is 1.25. The number of alkyl halides is 3. The van der Waals surface area contributed by atoms with Crippen LogP contribution in [0.3, 0.4) is 0 Å². The first-order valence-electron chi connectivity index (χ1n) is 10.5. The van der Waals surface area contributed by atoms with Crippen LogP contribution in [0.25, 0.3) is 16.9 Å². The number of H-pyrrole nitrogens is 1. The average Bonchev–Trinajstić information content (AvgIpc) is 3.49. The fourth-order valence-electron chi connectivity index (χ4n) is 3.82. The summed E-state index contributed by atoms with van der Waals surface area (Å²) in [5.41, 5.74) is -1.27. The van der Waals surface area contributed by atoms with E-state index in [1.807, 2.05) is 11.8 Å². The highest BCUT2D eigenvalue weighted by molar-refractivity contribution is 9.10. The van der Waals surface area contributed by atoms with Crippen LogP contribution >= 0.6 is 15.9 Å². The van der Waals surface area contributed by atoms with Crippen molar-refractivity contribution in [3.63, 3.8) is 0 Å². The lowest BCUT2D eigenvalue weighted by atomic mass is 10.1. The topological polar surface area (TPSA) is 105 Å². The van der Waals surface area contributed by atoms with E-state index in [2.05, 4.69) is 45.9 Å². The number of benzene rings is 1. The second kappa shape index (κ2) is 8.46. The predicted molar refractivity (Wildman–Crippen MR) is 120 cm³/mol. The van der Waals surface area contributed by atoms with E-state index in [0.717, 1.165) is 25.0 Å². The molecule has 1 N–H and O–H groups in total. The van der Waals surface area contributed by atoms with Gasteiger partial charge in [-0.2, -0.15) is 27.9 Å². The summed E-state index contributed by atoms with van der Waals surface area (Å²) >= 11 is 3.18. The molecule has 0 spiro atoms. The van der Waals surface area contributed by atoms with E-state index in [-0.39, 0.29) is 21.2 Å². The van der Waals surface area contributed by atoms with E-state index in [1.54, 1.807) is 18.5 Å². The molecule has 3 heterocycles. The molecule has 0 aliphatic heterocycles. The van der Waals surface area contributed by atoms with Gasteiger partial charge in [0.05, 0.1) is 17.1 Å². The highest BCUT2D eigenvalue weighted by Gasteiger charge is 2.34. The number of aromatic nitrogens is 7. The highest BCUT2D eigenvalue weighted by Crippen LogP contribution is 2.40. The van der Waals surface area contributed by atoms with Gasteiger partial charge in [0.15, 0.2) is 5.82 Å². The number of anilines is 1. The Morgan fingerprint density at radius 2 is 1.97 bits per heavy atom. The molecule has 0 radical (unpaired) electrons. The van der Waals surface area contributed by atoms with Crippen LogP contribution < -0.4 is 10.6 Å². The van der Waals surface area contributed by atoms with Crippen LogP contribution in [0.5, 0.6) is 0 Å². The van der Waals surface area contributed by atoms with Gasteiger partial charge in [-0.25, -0.2) is 19.7 Å². The Morgan fingerprint density at radius 1 is 1.24 bits per heavy atom. The quantitative estimate of drug-likeness (QED) is 0.397. The van der Waals surface area contributed by atoms with Crippen LogP contribution in [0.1, 0.15) is 37.2 Å². The van der Waals surface area contributed by atoms with E-state index in [4.69, 9.17) is 0 Å². The van der Waals surface area contributed by atoms with Gasteiger partial charge in [-0.05, 0) is 59.8 Å². The molecule has 1 aromatic carbocycles. The predicted octanol–water partition coefficient (Wildman–Crippen LogP) is 4.05. The van der Waals surface area contributed by atoms with E-state index in [9.17, 15) is 18.0 Å². The van der Waals surface area contributed by atoms with Crippen molar-refractivity contribution < 1.29 is 13.2 Å². The van der Waals surface area contributed by atoms with Gasteiger partial charge in [0.25, 0.3) is 5.95 Å². The number of aromatic amines is 1. The lowest BCUT2D eigenvalue weighted by molar-refractivity contribution is -0.137. The molecule has 0 saturated heterocycles. The summed E-state index contributed by atoms with van der Waals surface area (Å²) < 4.78 is 42.4. The molecule has 1 aliphatic carbocycles. The molecular formula is C21H18BrF3N8O. The van der Waals surface area contributed by atoms with E-state index >= 15 is 0 Å². The monoisotopic (exact) mass is 534 g/mol. The summed E-state index contributed by atoms with van der Waals surface area (Å²) in [5, 5.41) is 4.40. The van der Waals surface area contributed by atoms with E-state index in [0.29, 0.717) is 24.2 Å². The zero-order valence-corrected chi connectivity index (χ0v) is 19.4. The number of hydrogen-bond donors (Lipinski definition) is 1. The summed E-state index contributed by atoms with van der Waals surface area (Å²) in [6, 6.07) is 3.12. The van der Waals surface area contributed by atoms with Crippen molar-refractivity contribution in [2.24, 2.45) is 5.92 Å². The number of rotatable bonds is 6. The Kier molecular flexibility index (Phi) is 5.58. The number of nitrogens with zero attached hydrogens (tertiary/aromatic N) is 7. The maximum Gasteiger partial charge on any atom is 0.416 e. The lowest BCUT2D eigenvalue weighted by Crippen LogP contribution is -2.33. The van der Waals surface area contributed by atoms with Crippen molar-refractivity contribution in [2.75, 3.05) is 11.4 Å². The molecule has 0 bridgehead atoms. The summed E-state index contributed by atoms with van der Waals surface area (Å²) in [6.07, 6.45) is 1.90.